The van der Waals surface area contributed by atoms with E-state index in [4.69, 9.17) is 30.8 Å². The second-order valence-electron chi connectivity index (χ2n) is 11.0. The predicted molar refractivity (Wildman–Crippen MR) is 210 cm³/mol. The van der Waals surface area contributed by atoms with Crippen LogP contribution in [0, 0.1) is 0 Å². The molecule has 0 saturated heterocycles. The lowest BCUT2D eigenvalue weighted by Gasteiger charge is -2.27. The van der Waals surface area contributed by atoms with Crippen molar-refractivity contribution in [2.24, 2.45) is 14.9 Å². The summed E-state index contributed by atoms with van der Waals surface area (Å²) in [5.74, 6) is 2.28. The minimum atomic E-state index is -2.47. The first-order chi connectivity index (χ1) is 23.9. The summed E-state index contributed by atoms with van der Waals surface area (Å²) >= 11 is 5.35. The van der Waals surface area contributed by atoms with Crippen LogP contribution in [0.4, 0.5) is 0 Å². The van der Waals surface area contributed by atoms with E-state index in [1.165, 1.54) is 0 Å². The first-order valence-corrected chi connectivity index (χ1v) is 20.5. The van der Waals surface area contributed by atoms with Gasteiger partial charge in [0.2, 0.25) is 0 Å². The number of benzene rings is 5. The topological polar surface area (TPSA) is 71.2 Å². The van der Waals surface area contributed by atoms with Gasteiger partial charge in [-0.05, 0) is 90.6 Å². The van der Waals surface area contributed by atoms with Crippen molar-refractivity contribution in [3.05, 3.63) is 145 Å². The molecule has 11 heteroatoms. The van der Waals surface area contributed by atoms with Gasteiger partial charge >= 0.3 is 0 Å². The Kier molecular flexibility index (Phi) is 12.8. The van der Waals surface area contributed by atoms with Gasteiger partial charge in [0.1, 0.15) is 17.2 Å². The Morgan fingerprint density at radius 3 is 1.63 bits per heavy atom. The first kappa shape index (κ1) is 35.6. The fraction of sp³-hybridized carbons (Fsp3) is 0.158. The van der Waals surface area contributed by atoms with Crippen molar-refractivity contribution in [1.82, 2.24) is 9.79 Å². The number of hydrogen-bond acceptors (Lipinski definition) is 8. The molecule has 49 heavy (non-hydrogen) atoms. The van der Waals surface area contributed by atoms with Gasteiger partial charge in [-0.25, -0.2) is 0 Å². The van der Waals surface area contributed by atoms with E-state index < -0.39 is 13.9 Å². The van der Waals surface area contributed by atoms with Gasteiger partial charge < -0.3 is 14.2 Å². The molecule has 0 bridgehead atoms. The Hall–Kier alpha value is -4.68. The summed E-state index contributed by atoms with van der Waals surface area (Å²) in [6.45, 7) is 1.46. The van der Waals surface area contributed by atoms with Crippen molar-refractivity contribution >= 4 is 54.1 Å². The summed E-state index contributed by atoms with van der Waals surface area (Å²) in [5.41, 5.74) is 1.95. The molecule has 0 heterocycles. The van der Waals surface area contributed by atoms with Crippen LogP contribution in [-0.4, -0.2) is 63.5 Å². The zero-order valence-electron chi connectivity index (χ0n) is 28.1. The summed E-state index contributed by atoms with van der Waals surface area (Å²) in [7, 11) is 2.96. The summed E-state index contributed by atoms with van der Waals surface area (Å²) in [6.07, 6.45) is 3.61. The maximum absolute atomic E-state index is 6.24. The SMILES string of the molecule is COc1ccc(C=NN(C)COc2ccc(P(=NCOc3ccc(C=NN(C)[PH](C)=S)cc3)(c3ccccc3)c3ccccc3)cc2)cc1. The Morgan fingerprint density at radius 2 is 1.10 bits per heavy atom. The molecule has 252 valence electrons. The van der Waals surface area contributed by atoms with Crippen molar-refractivity contribution in [3.8, 4) is 17.2 Å². The van der Waals surface area contributed by atoms with Crippen molar-refractivity contribution in [3.63, 3.8) is 0 Å². The monoisotopic (exact) mass is 709 g/mol. The van der Waals surface area contributed by atoms with Gasteiger partial charge in [-0.1, -0.05) is 72.5 Å². The Labute approximate surface area is 295 Å². The van der Waals surface area contributed by atoms with Crippen molar-refractivity contribution < 1.29 is 14.2 Å². The van der Waals surface area contributed by atoms with E-state index in [9.17, 15) is 0 Å². The summed E-state index contributed by atoms with van der Waals surface area (Å²) < 4.78 is 24.8. The second kappa shape index (κ2) is 17.6. The van der Waals surface area contributed by atoms with Crippen molar-refractivity contribution in [2.45, 2.75) is 0 Å². The fourth-order valence-electron chi connectivity index (χ4n) is 4.87. The van der Waals surface area contributed by atoms with Crippen LogP contribution in [0.5, 0.6) is 17.2 Å². The van der Waals surface area contributed by atoms with Crippen LogP contribution in [0.15, 0.2) is 148 Å². The average Bonchev–Trinajstić information content (AvgIpc) is 3.15. The summed E-state index contributed by atoms with van der Waals surface area (Å²) in [6, 6.07) is 44.7. The number of methoxy groups -OCH3 is 1. The quantitative estimate of drug-likeness (QED) is 0.0505. The molecule has 0 fully saturated rings. The molecule has 5 rings (SSSR count). The molecule has 1 unspecified atom stereocenters. The highest BCUT2D eigenvalue weighted by Gasteiger charge is 2.27. The molecule has 8 nitrogen and oxygen atoms in total. The smallest absolute Gasteiger partial charge is 0.178 e. The highest BCUT2D eigenvalue weighted by molar-refractivity contribution is 8.03. The number of hydrazone groups is 2. The Bertz CT molecular complexity index is 1860. The second-order valence-corrected chi connectivity index (χ2v) is 17.6. The maximum atomic E-state index is 6.24. The van der Waals surface area contributed by atoms with E-state index in [0.29, 0.717) is 0 Å². The van der Waals surface area contributed by atoms with Crippen LogP contribution >= 0.6 is 13.9 Å². The van der Waals surface area contributed by atoms with Crippen LogP contribution in [0.2, 0.25) is 0 Å². The molecule has 0 saturated carbocycles. The fourth-order valence-corrected chi connectivity index (χ4v) is 8.63. The number of hydrogen-bond donors (Lipinski definition) is 0. The first-order valence-electron chi connectivity index (χ1n) is 15.7. The molecular formula is C38H41N5O3P2S. The van der Waals surface area contributed by atoms with Crippen molar-refractivity contribution in [2.75, 3.05) is 41.3 Å². The van der Waals surface area contributed by atoms with E-state index in [0.717, 1.165) is 44.3 Å². The normalized spacial score (nSPS) is 12.1. The predicted octanol–water partition coefficient (Wildman–Crippen LogP) is 7.00. The van der Waals surface area contributed by atoms with E-state index >= 15 is 0 Å². The highest BCUT2D eigenvalue weighted by atomic mass is 32.4. The summed E-state index contributed by atoms with van der Waals surface area (Å²) in [5, 5.41) is 14.1. The van der Waals surface area contributed by atoms with Gasteiger partial charge in [0.05, 0.1) is 26.6 Å². The average molecular weight is 710 g/mol. The zero-order valence-corrected chi connectivity index (χ0v) is 30.8. The molecule has 0 spiro atoms. The zero-order chi connectivity index (χ0) is 34.5. The lowest BCUT2D eigenvalue weighted by Crippen LogP contribution is -2.26. The van der Waals surface area contributed by atoms with E-state index in [2.05, 4.69) is 70.9 Å². The molecule has 0 aromatic heterocycles. The molecule has 0 N–H and O–H groups in total. The van der Waals surface area contributed by atoms with Gasteiger partial charge in [0, 0.05) is 36.9 Å². The third kappa shape index (κ3) is 9.70. The van der Waals surface area contributed by atoms with Crippen LogP contribution in [-0.2, 0) is 11.8 Å². The van der Waals surface area contributed by atoms with Crippen LogP contribution < -0.4 is 30.1 Å². The number of ether oxygens (including phenoxy) is 3. The number of rotatable bonds is 15. The summed E-state index contributed by atoms with van der Waals surface area (Å²) in [4.78, 5) is 0. The third-order valence-electron chi connectivity index (χ3n) is 7.62. The van der Waals surface area contributed by atoms with E-state index in [1.54, 1.807) is 18.3 Å². The Morgan fingerprint density at radius 1 is 0.633 bits per heavy atom. The standard InChI is InChI=1S/C38H41N5O3P2S/c1-42(39-27-31-15-19-33(44-3)20-16-31)30-46-35-23-25-38(26-24-35)48(36-11-7-5-8-12-36,37-13-9-6-10-14-37)41-29-45-34-21-17-32(18-22-34)28-40-43(2)47(4)49/h5-28,47H,29-30H2,1-4H3. The largest absolute Gasteiger partial charge is 0.497 e. The lowest BCUT2D eigenvalue weighted by molar-refractivity contribution is 0.158. The third-order valence-corrected chi connectivity index (χ3v) is 13.1. The van der Waals surface area contributed by atoms with Crippen LogP contribution in [0.3, 0.4) is 0 Å². The molecule has 0 aliphatic rings. The van der Waals surface area contributed by atoms with Gasteiger partial charge in [-0.2, -0.15) is 10.2 Å². The lowest BCUT2D eigenvalue weighted by atomic mass is 10.2. The Balaban J connectivity index is 1.37. The molecule has 5 aromatic rings. The molecule has 5 aromatic carbocycles. The molecule has 0 aliphatic heterocycles. The molecule has 0 aliphatic carbocycles. The molecule has 1 atom stereocenters. The van der Waals surface area contributed by atoms with Gasteiger partial charge in [0.15, 0.2) is 13.5 Å². The molecule has 0 amide bonds. The van der Waals surface area contributed by atoms with E-state index in [1.807, 2.05) is 105 Å². The van der Waals surface area contributed by atoms with Crippen molar-refractivity contribution in [1.29, 1.82) is 0 Å². The minimum Gasteiger partial charge on any atom is -0.497 e. The molecular weight excluding hydrogens is 668 g/mol. The van der Waals surface area contributed by atoms with Gasteiger partial charge in [0.25, 0.3) is 0 Å². The van der Waals surface area contributed by atoms with E-state index in [-0.39, 0.29) is 13.5 Å². The highest BCUT2D eigenvalue weighted by Crippen LogP contribution is 2.46. The number of nitrogens with zero attached hydrogens (tertiary/aromatic N) is 5. The maximum Gasteiger partial charge on any atom is 0.178 e. The van der Waals surface area contributed by atoms with Gasteiger partial charge in [-0.15, -0.1) is 0 Å². The molecule has 0 radical (unpaired) electrons. The van der Waals surface area contributed by atoms with Crippen LogP contribution in [0.1, 0.15) is 11.1 Å². The van der Waals surface area contributed by atoms with Gasteiger partial charge in [-0.3, -0.25) is 14.5 Å². The van der Waals surface area contributed by atoms with Crippen LogP contribution in [0.25, 0.3) is 0 Å². The minimum absolute atomic E-state index is 0.181.